The Morgan fingerprint density at radius 1 is 1.17 bits per heavy atom. The van der Waals surface area contributed by atoms with Gasteiger partial charge >= 0.3 is 5.97 Å². The number of carbonyl (C=O) groups is 3. The summed E-state index contributed by atoms with van der Waals surface area (Å²) in [7, 11) is -3.49. The highest BCUT2D eigenvalue weighted by Crippen LogP contribution is 2.42. The lowest BCUT2D eigenvalue weighted by Gasteiger charge is -2.15. The molecule has 0 bridgehead atoms. The zero-order chi connectivity index (χ0) is 17.7. The molecule has 1 N–H and O–H groups in total. The molecular weight excluding hydrogens is 333 g/mol. The van der Waals surface area contributed by atoms with E-state index in [1.165, 1.54) is 0 Å². The highest BCUT2D eigenvalue weighted by molar-refractivity contribution is 7.58. The van der Waals surface area contributed by atoms with E-state index in [2.05, 4.69) is 0 Å². The van der Waals surface area contributed by atoms with Gasteiger partial charge in [-0.15, -0.1) is 0 Å². The number of hydrogen-bond donors (Lipinski definition) is 1. The van der Waals surface area contributed by atoms with Crippen molar-refractivity contribution < 1.29 is 28.6 Å². The number of ether oxygens (including phenoxy) is 1. The Balaban J connectivity index is 1.84. The van der Waals surface area contributed by atoms with E-state index in [0.29, 0.717) is 11.1 Å². The van der Waals surface area contributed by atoms with Gasteiger partial charge in [0.1, 0.15) is 0 Å². The van der Waals surface area contributed by atoms with Crippen molar-refractivity contribution >= 4 is 25.2 Å². The summed E-state index contributed by atoms with van der Waals surface area (Å²) in [5, 5.41) is 0. The molecule has 1 aromatic carbocycles. The van der Waals surface area contributed by atoms with Gasteiger partial charge in [0.05, 0.1) is 24.2 Å². The summed E-state index contributed by atoms with van der Waals surface area (Å²) in [6, 6.07) is 6.55. The van der Waals surface area contributed by atoms with Crippen LogP contribution in [0.1, 0.15) is 40.5 Å². The third-order valence-electron chi connectivity index (χ3n) is 3.74. The number of carbonyl (C=O) groups excluding carboxylic acids is 3. The van der Waals surface area contributed by atoms with Crippen LogP contribution in [0, 0.1) is 0 Å². The first-order chi connectivity index (χ1) is 11.4. The molecule has 0 fully saturated rings. The molecule has 130 valence electrons. The van der Waals surface area contributed by atoms with Crippen molar-refractivity contribution in [2.45, 2.75) is 19.8 Å². The van der Waals surface area contributed by atoms with E-state index in [1.807, 2.05) is 0 Å². The highest BCUT2D eigenvalue weighted by atomic mass is 31.2. The SMILES string of the molecule is CCOC(=O)CCP(=O)(O)CCCN1C(=O)c2ccccc2C1=O. The molecule has 1 aromatic rings. The van der Waals surface area contributed by atoms with Gasteiger partial charge < -0.3 is 9.63 Å². The Morgan fingerprint density at radius 2 is 1.75 bits per heavy atom. The lowest BCUT2D eigenvalue weighted by molar-refractivity contribution is -0.142. The smallest absolute Gasteiger partial charge is 0.306 e. The molecular formula is C16H20NO6P. The third kappa shape index (κ3) is 4.30. The molecule has 0 saturated heterocycles. The summed E-state index contributed by atoms with van der Waals surface area (Å²) in [5.41, 5.74) is 0.717. The van der Waals surface area contributed by atoms with Gasteiger partial charge in [0, 0.05) is 18.9 Å². The zero-order valence-electron chi connectivity index (χ0n) is 13.4. The number of rotatable bonds is 8. The quantitative estimate of drug-likeness (QED) is 0.435. The molecule has 2 amide bonds. The van der Waals surface area contributed by atoms with Crippen molar-refractivity contribution in [3.8, 4) is 0 Å². The molecule has 0 spiro atoms. The lowest BCUT2D eigenvalue weighted by Crippen LogP contribution is -2.31. The predicted octanol–water partition coefficient (Wildman–Crippen LogP) is 1.90. The summed E-state index contributed by atoms with van der Waals surface area (Å²) < 4.78 is 16.8. The van der Waals surface area contributed by atoms with Crippen LogP contribution in [-0.2, 0) is 14.1 Å². The number of amides is 2. The first kappa shape index (κ1) is 18.4. The number of imide groups is 1. The summed E-state index contributed by atoms with van der Waals surface area (Å²) in [6.45, 7) is 1.98. The van der Waals surface area contributed by atoms with Gasteiger partial charge in [-0.05, 0) is 25.5 Å². The number of esters is 1. The van der Waals surface area contributed by atoms with Crippen LogP contribution < -0.4 is 0 Å². The van der Waals surface area contributed by atoms with Crippen LogP contribution in [0.15, 0.2) is 24.3 Å². The van der Waals surface area contributed by atoms with E-state index in [1.54, 1.807) is 31.2 Å². The molecule has 0 aromatic heterocycles. The van der Waals surface area contributed by atoms with Crippen LogP contribution in [0.25, 0.3) is 0 Å². The molecule has 2 rings (SSSR count). The van der Waals surface area contributed by atoms with Gasteiger partial charge in [-0.3, -0.25) is 23.8 Å². The Morgan fingerprint density at radius 3 is 2.29 bits per heavy atom. The normalized spacial score (nSPS) is 16.0. The fourth-order valence-corrected chi connectivity index (χ4v) is 3.92. The van der Waals surface area contributed by atoms with Crippen molar-refractivity contribution in [1.82, 2.24) is 4.90 Å². The predicted molar refractivity (Wildman–Crippen MR) is 87.2 cm³/mol. The summed E-state index contributed by atoms with van der Waals surface area (Å²) in [5.74, 6) is -1.27. The van der Waals surface area contributed by atoms with Gasteiger partial charge in [0.2, 0.25) is 7.37 Å². The molecule has 8 heteroatoms. The van der Waals surface area contributed by atoms with Gasteiger partial charge in [-0.1, -0.05) is 12.1 Å². The van der Waals surface area contributed by atoms with Crippen LogP contribution in [0.4, 0.5) is 0 Å². The molecule has 24 heavy (non-hydrogen) atoms. The van der Waals surface area contributed by atoms with Crippen LogP contribution in [0.3, 0.4) is 0 Å². The van der Waals surface area contributed by atoms with E-state index in [-0.39, 0.29) is 50.1 Å². The minimum absolute atomic E-state index is 0.0557. The van der Waals surface area contributed by atoms with Gasteiger partial charge in [0.15, 0.2) is 0 Å². The Labute approximate surface area is 140 Å². The average molecular weight is 353 g/mol. The second-order valence-electron chi connectivity index (χ2n) is 5.51. The summed E-state index contributed by atoms with van der Waals surface area (Å²) in [4.78, 5) is 46.5. The lowest BCUT2D eigenvalue weighted by atomic mass is 10.1. The summed E-state index contributed by atoms with van der Waals surface area (Å²) >= 11 is 0. The maximum atomic E-state index is 12.2. The second kappa shape index (κ2) is 7.73. The maximum Gasteiger partial charge on any atom is 0.306 e. The van der Waals surface area contributed by atoms with Crippen molar-refractivity contribution in [3.63, 3.8) is 0 Å². The average Bonchev–Trinajstić information content (AvgIpc) is 2.79. The van der Waals surface area contributed by atoms with Crippen LogP contribution in [-0.4, -0.2) is 53.1 Å². The molecule has 7 nitrogen and oxygen atoms in total. The van der Waals surface area contributed by atoms with E-state index >= 15 is 0 Å². The number of hydrogen-bond acceptors (Lipinski definition) is 5. The topological polar surface area (TPSA) is 101 Å². The molecule has 1 heterocycles. The third-order valence-corrected chi connectivity index (χ3v) is 5.68. The molecule has 1 aliphatic rings. The number of nitrogens with zero attached hydrogens (tertiary/aromatic N) is 1. The number of benzene rings is 1. The monoisotopic (exact) mass is 353 g/mol. The fourth-order valence-electron chi connectivity index (χ4n) is 2.53. The second-order valence-corrected chi connectivity index (χ2v) is 8.10. The molecule has 0 radical (unpaired) electrons. The largest absolute Gasteiger partial charge is 0.466 e. The first-order valence-electron chi connectivity index (χ1n) is 7.77. The summed E-state index contributed by atoms with van der Waals surface area (Å²) in [6.07, 6.45) is -0.121. The molecule has 0 saturated carbocycles. The minimum Gasteiger partial charge on any atom is -0.466 e. The first-order valence-corrected chi connectivity index (χ1v) is 9.80. The zero-order valence-corrected chi connectivity index (χ0v) is 14.3. The fraction of sp³-hybridized carbons (Fsp3) is 0.438. The van der Waals surface area contributed by atoms with Crippen molar-refractivity contribution in [2.75, 3.05) is 25.5 Å². The van der Waals surface area contributed by atoms with Gasteiger partial charge in [-0.2, -0.15) is 0 Å². The Hall–Kier alpha value is -1.98. The van der Waals surface area contributed by atoms with Crippen LogP contribution in [0.2, 0.25) is 0 Å². The van der Waals surface area contributed by atoms with Gasteiger partial charge in [-0.25, -0.2) is 0 Å². The maximum absolute atomic E-state index is 12.2. The molecule has 1 aliphatic heterocycles. The number of fused-ring (bicyclic) bond motifs is 1. The van der Waals surface area contributed by atoms with Gasteiger partial charge in [0.25, 0.3) is 11.8 Å². The minimum atomic E-state index is -3.49. The molecule has 1 atom stereocenters. The van der Waals surface area contributed by atoms with E-state index in [9.17, 15) is 23.8 Å². The standard InChI is InChI=1S/C16H20NO6P/c1-2-23-14(18)8-11-24(21,22)10-5-9-17-15(19)12-6-3-4-7-13(12)16(17)20/h3-4,6-7H,2,5,8-11H2,1H3,(H,21,22). The van der Waals surface area contributed by atoms with Crippen molar-refractivity contribution in [1.29, 1.82) is 0 Å². The van der Waals surface area contributed by atoms with E-state index in [0.717, 1.165) is 4.90 Å². The Bertz CT molecular complexity index is 667. The van der Waals surface area contributed by atoms with Crippen LogP contribution in [0.5, 0.6) is 0 Å². The Kier molecular flexibility index (Phi) is 5.91. The van der Waals surface area contributed by atoms with Crippen molar-refractivity contribution in [3.05, 3.63) is 35.4 Å². The molecule has 0 aliphatic carbocycles. The van der Waals surface area contributed by atoms with Crippen molar-refractivity contribution in [2.24, 2.45) is 0 Å². The van der Waals surface area contributed by atoms with Crippen LogP contribution >= 0.6 is 7.37 Å². The van der Waals surface area contributed by atoms with E-state index in [4.69, 9.17) is 4.74 Å². The highest BCUT2D eigenvalue weighted by Gasteiger charge is 2.35. The van der Waals surface area contributed by atoms with E-state index < -0.39 is 13.3 Å². The molecule has 1 unspecified atom stereocenters.